The SMILES string of the molecule is NCCOc1cccc2c1ccn2S(=O)[O-]. The Morgan fingerprint density at radius 3 is 2.94 bits per heavy atom. The zero-order valence-electron chi connectivity index (χ0n) is 8.46. The van der Waals surface area contributed by atoms with E-state index in [1.54, 1.807) is 24.3 Å². The third kappa shape index (κ3) is 1.95. The molecule has 1 heterocycles. The molecule has 0 fully saturated rings. The van der Waals surface area contributed by atoms with Crippen LogP contribution < -0.4 is 10.5 Å². The number of hydrogen-bond acceptors (Lipinski definition) is 4. The van der Waals surface area contributed by atoms with Gasteiger partial charge in [0.1, 0.15) is 12.4 Å². The van der Waals surface area contributed by atoms with E-state index in [0.717, 1.165) is 9.36 Å². The molecule has 2 aromatic rings. The van der Waals surface area contributed by atoms with Crippen LogP contribution in [-0.4, -0.2) is 25.9 Å². The maximum absolute atomic E-state index is 10.9. The van der Waals surface area contributed by atoms with Gasteiger partial charge in [0.05, 0.1) is 16.8 Å². The molecule has 0 aliphatic rings. The molecule has 0 saturated carbocycles. The quantitative estimate of drug-likeness (QED) is 0.793. The maximum atomic E-state index is 10.9. The second kappa shape index (κ2) is 4.65. The normalized spacial score (nSPS) is 12.9. The molecule has 0 spiro atoms. The van der Waals surface area contributed by atoms with Gasteiger partial charge in [-0.25, -0.2) is 0 Å². The smallest absolute Gasteiger partial charge is 0.128 e. The maximum Gasteiger partial charge on any atom is 0.128 e. The molecular weight excluding hydrogens is 228 g/mol. The highest BCUT2D eigenvalue weighted by atomic mass is 32.2. The molecule has 1 atom stereocenters. The van der Waals surface area contributed by atoms with Crippen LogP contribution in [0, 0.1) is 0 Å². The van der Waals surface area contributed by atoms with Crippen LogP contribution in [0.3, 0.4) is 0 Å². The van der Waals surface area contributed by atoms with Gasteiger partial charge in [-0.1, -0.05) is 6.07 Å². The molecule has 86 valence electrons. The van der Waals surface area contributed by atoms with Crippen LogP contribution in [0.15, 0.2) is 30.5 Å². The van der Waals surface area contributed by atoms with Gasteiger partial charge in [-0.15, -0.1) is 0 Å². The number of fused-ring (bicyclic) bond motifs is 1. The first-order chi connectivity index (χ1) is 7.74. The topological polar surface area (TPSA) is 80.3 Å². The predicted octanol–water partition coefficient (Wildman–Crippen LogP) is 0.621. The summed E-state index contributed by atoms with van der Waals surface area (Å²) in [6, 6.07) is 6.96. The van der Waals surface area contributed by atoms with E-state index in [4.69, 9.17) is 10.5 Å². The van der Waals surface area contributed by atoms with Crippen molar-refractivity contribution in [1.82, 2.24) is 3.97 Å². The molecule has 5 nitrogen and oxygen atoms in total. The Hall–Kier alpha value is -1.37. The van der Waals surface area contributed by atoms with E-state index in [9.17, 15) is 8.76 Å². The minimum atomic E-state index is -2.30. The molecular formula is C10H11N2O3S-. The van der Waals surface area contributed by atoms with Crippen molar-refractivity contribution in [3.63, 3.8) is 0 Å². The summed E-state index contributed by atoms with van der Waals surface area (Å²) in [5, 5.41) is 0.764. The Morgan fingerprint density at radius 2 is 2.25 bits per heavy atom. The molecule has 0 saturated heterocycles. The number of benzene rings is 1. The Morgan fingerprint density at radius 1 is 1.44 bits per heavy atom. The Kier molecular flexibility index (Phi) is 3.23. The molecule has 0 aliphatic heterocycles. The minimum Gasteiger partial charge on any atom is -0.755 e. The minimum absolute atomic E-state index is 0.407. The summed E-state index contributed by atoms with van der Waals surface area (Å²) >= 11 is -2.30. The highest BCUT2D eigenvalue weighted by molar-refractivity contribution is 7.77. The number of ether oxygens (including phenoxy) is 1. The van der Waals surface area contributed by atoms with Gasteiger partial charge in [-0.3, -0.25) is 8.18 Å². The highest BCUT2D eigenvalue weighted by Gasteiger charge is 2.06. The molecule has 1 aromatic heterocycles. The van der Waals surface area contributed by atoms with Crippen molar-refractivity contribution in [2.75, 3.05) is 13.2 Å². The third-order valence-electron chi connectivity index (χ3n) is 2.19. The lowest BCUT2D eigenvalue weighted by molar-refractivity contribution is 0.332. The van der Waals surface area contributed by atoms with E-state index in [2.05, 4.69) is 0 Å². The summed E-state index contributed by atoms with van der Waals surface area (Å²) in [5.74, 6) is 0.646. The molecule has 0 bridgehead atoms. The number of aromatic nitrogens is 1. The number of rotatable bonds is 4. The average molecular weight is 239 g/mol. The zero-order chi connectivity index (χ0) is 11.5. The highest BCUT2D eigenvalue weighted by Crippen LogP contribution is 2.26. The van der Waals surface area contributed by atoms with Gasteiger partial charge in [-0.05, 0) is 18.2 Å². The molecule has 2 N–H and O–H groups in total. The lowest BCUT2D eigenvalue weighted by atomic mass is 10.2. The summed E-state index contributed by atoms with van der Waals surface area (Å²) in [6.45, 7) is 0.829. The van der Waals surface area contributed by atoms with Gasteiger partial charge in [0.25, 0.3) is 0 Å². The molecule has 2 rings (SSSR count). The van der Waals surface area contributed by atoms with Gasteiger partial charge in [0.2, 0.25) is 0 Å². The first-order valence-corrected chi connectivity index (χ1v) is 5.80. The second-order valence-corrected chi connectivity index (χ2v) is 4.01. The second-order valence-electron chi connectivity index (χ2n) is 3.18. The summed E-state index contributed by atoms with van der Waals surface area (Å²) in [4.78, 5) is 0. The van der Waals surface area contributed by atoms with E-state index in [0.29, 0.717) is 24.4 Å². The van der Waals surface area contributed by atoms with E-state index in [1.807, 2.05) is 0 Å². The third-order valence-corrected chi connectivity index (χ3v) is 2.83. The van der Waals surface area contributed by atoms with Crippen LogP contribution in [-0.2, 0) is 11.3 Å². The standard InChI is InChI=1S/C10H12N2O3S/c11-5-7-15-10-3-1-2-9-8(10)4-6-12(9)16(13)14/h1-4,6H,5,7,11H2,(H,13,14)/p-1. The first kappa shape index (κ1) is 11.1. The molecule has 6 heteroatoms. The van der Waals surface area contributed by atoms with E-state index in [1.165, 1.54) is 6.20 Å². The van der Waals surface area contributed by atoms with E-state index < -0.39 is 11.3 Å². The molecule has 0 amide bonds. The van der Waals surface area contributed by atoms with Crippen LogP contribution in [0.5, 0.6) is 5.75 Å². The monoisotopic (exact) mass is 239 g/mol. The molecule has 16 heavy (non-hydrogen) atoms. The Balaban J connectivity index is 2.49. The molecule has 1 aromatic carbocycles. The zero-order valence-corrected chi connectivity index (χ0v) is 9.28. The molecule has 0 radical (unpaired) electrons. The first-order valence-electron chi connectivity index (χ1n) is 4.76. The van der Waals surface area contributed by atoms with Crippen LogP contribution in [0.25, 0.3) is 10.9 Å². The largest absolute Gasteiger partial charge is 0.755 e. The number of nitrogens with zero attached hydrogens (tertiary/aromatic N) is 1. The average Bonchev–Trinajstić information content (AvgIpc) is 2.70. The van der Waals surface area contributed by atoms with Crippen LogP contribution >= 0.6 is 0 Å². The van der Waals surface area contributed by atoms with Crippen molar-refractivity contribution < 1.29 is 13.5 Å². The van der Waals surface area contributed by atoms with Crippen molar-refractivity contribution in [1.29, 1.82) is 0 Å². The lowest BCUT2D eigenvalue weighted by Gasteiger charge is -2.09. The summed E-state index contributed by atoms with van der Waals surface area (Å²) in [6.07, 6.45) is 1.49. The molecule has 0 aliphatic carbocycles. The summed E-state index contributed by atoms with van der Waals surface area (Å²) in [7, 11) is 0. The van der Waals surface area contributed by atoms with Gasteiger partial charge in [0.15, 0.2) is 0 Å². The van der Waals surface area contributed by atoms with Crippen LogP contribution in [0.2, 0.25) is 0 Å². The van der Waals surface area contributed by atoms with Crippen molar-refractivity contribution in [3.8, 4) is 5.75 Å². The summed E-state index contributed by atoms with van der Waals surface area (Å²) < 4.78 is 28.4. The fraction of sp³-hybridized carbons (Fsp3) is 0.200. The van der Waals surface area contributed by atoms with Gasteiger partial charge < -0.3 is 15.0 Å². The van der Waals surface area contributed by atoms with Gasteiger partial charge >= 0.3 is 0 Å². The molecule has 1 unspecified atom stereocenters. The number of nitrogens with two attached hydrogens (primary N) is 1. The van der Waals surface area contributed by atoms with Crippen molar-refractivity contribution >= 4 is 22.2 Å². The number of hydrogen-bond donors (Lipinski definition) is 1. The Labute approximate surface area is 95.2 Å². The van der Waals surface area contributed by atoms with E-state index in [-0.39, 0.29) is 0 Å². The van der Waals surface area contributed by atoms with Crippen LogP contribution in [0.4, 0.5) is 0 Å². The summed E-state index contributed by atoms with van der Waals surface area (Å²) in [5.41, 5.74) is 5.94. The van der Waals surface area contributed by atoms with Crippen molar-refractivity contribution in [2.24, 2.45) is 5.73 Å². The lowest BCUT2D eigenvalue weighted by Crippen LogP contribution is -2.10. The Bertz CT molecular complexity index is 524. The fourth-order valence-corrected chi connectivity index (χ4v) is 2.02. The van der Waals surface area contributed by atoms with Gasteiger partial charge in [-0.2, -0.15) is 0 Å². The van der Waals surface area contributed by atoms with Crippen molar-refractivity contribution in [3.05, 3.63) is 30.5 Å². The van der Waals surface area contributed by atoms with Gasteiger partial charge in [0, 0.05) is 18.1 Å². The fourth-order valence-electron chi connectivity index (χ4n) is 1.54. The van der Waals surface area contributed by atoms with Crippen molar-refractivity contribution in [2.45, 2.75) is 0 Å². The predicted molar refractivity (Wildman–Crippen MR) is 60.8 cm³/mol. The van der Waals surface area contributed by atoms with Crippen LogP contribution in [0.1, 0.15) is 0 Å². The van der Waals surface area contributed by atoms with E-state index >= 15 is 0 Å².